The van der Waals surface area contributed by atoms with Gasteiger partial charge < -0.3 is 9.47 Å². The topological polar surface area (TPSA) is 8.17 Å². The van der Waals surface area contributed by atoms with E-state index in [1.807, 2.05) is 13.0 Å². The lowest BCUT2D eigenvalue weighted by Gasteiger charge is -2.26. The molecule has 0 fully saturated rings. The number of para-hydroxylation sites is 1. The first-order valence-electron chi connectivity index (χ1n) is 18.2. The molecule has 0 N–H and O–H groups in total. The minimum Gasteiger partial charge on any atom is -0.310 e. The van der Waals surface area contributed by atoms with Crippen molar-refractivity contribution in [2.75, 3.05) is 4.90 Å². The summed E-state index contributed by atoms with van der Waals surface area (Å²) >= 11 is 0. The van der Waals surface area contributed by atoms with Gasteiger partial charge in [0.2, 0.25) is 0 Å². The van der Waals surface area contributed by atoms with E-state index >= 15 is 0 Å². The van der Waals surface area contributed by atoms with Gasteiger partial charge in [-0.15, -0.1) is 0 Å². The number of allylic oxidation sites excluding steroid dienone is 5. The number of benzene rings is 8. The predicted octanol–water partition coefficient (Wildman–Crippen LogP) is 14.4. The van der Waals surface area contributed by atoms with Crippen LogP contribution in [0.5, 0.6) is 0 Å². The molecule has 53 heavy (non-hydrogen) atoms. The van der Waals surface area contributed by atoms with Gasteiger partial charge in [-0.05, 0) is 117 Å². The van der Waals surface area contributed by atoms with Crippen LogP contribution in [0.1, 0.15) is 12.5 Å². The molecule has 0 bridgehead atoms. The third-order valence-corrected chi connectivity index (χ3v) is 10.2. The largest absolute Gasteiger partial charge is 0.310 e. The Morgan fingerprint density at radius 2 is 1.21 bits per heavy atom. The molecule has 1 aromatic heterocycles. The quantitative estimate of drug-likeness (QED) is 0.145. The number of rotatable bonds is 8. The minimum atomic E-state index is 1.09. The number of aromatic nitrogens is 1. The molecule has 252 valence electrons. The second-order valence-electron chi connectivity index (χ2n) is 13.4. The zero-order valence-electron chi connectivity index (χ0n) is 29.7. The highest BCUT2D eigenvalue weighted by Gasteiger charge is 2.19. The average Bonchev–Trinajstić information content (AvgIpc) is 3.54. The van der Waals surface area contributed by atoms with Crippen molar-refractivity contribution in [3.63, 3.8) is 0 Å². The van der Waals surface area contributed by atoms with E-state index in [1.54, 1.807) is 0 Å². The summed E-state index contributed by atoms with van der Waals surface area (Å²) in [5.74, 6) is 0. The number of hydrogen-bond acceptors (Lipinski definition) is 1. The number of anilines is 3. The van der Waals surface area contributed by atoms with Crippen molar-refractivity contribution in [2.24, 2.45) is 0 Å². The highest BCUT2D eigenvalue weighted by Crippen LogP contribution is 2.43. The SMILES string of the molecule is C=C/C=C(\C=C/C)c1ccc(N(c2cccc(-c3cccc4c3c3cc5ccccc5cc3n4-c3ccccc3)c2)c2ccc3ccccc3c2)cc1. The van der Waals surface area contributed by atoms with Crippen LogP contribution in [0.3, 0.4) is 0 Å². The van der Waals surface area contributed by atoms with Crippen molar-refractivity contribution >= 4 is 66.0 Å². The Morgan fingerprint density at radius 1 is 0.547 bits per heavy atom. The maximum atomic E-state index is 3.94. The number of nitrogens with zero attached hydrogens (tertiary/aromatic N) is 2. The monoisotopic (exact) mass is 678 g/mol. The van der Waals surface area contributed by atoms with E-state index in [9.17, 15) is 0 Å². The van der Waals surface area contributed by atoms with Gasteiger partial charge in [0.1, 0.15) is 0 Å². The highest BCUT2D eigenvalue weighted by molar-refractivity contribution is 6.18. The molecule has 2 heteroatoms. The molecule has 0 spiro atoms. The lowest BCUT2D eigenvalue weighted by molar-refractivity contribution is 1.18. The molecular weight excluding hydrogens is 641 g/mol. The summed E-state index contributed by atoms with van der Waals surface area (Å²) in [6.45, 7) is 5.98. The molecule has 0 saturated carbocycles. The van der Waals surface area contributed by atoms with Gasteiger partial charge in [0.25, 0.3) is 0 Å². The van der Waals surface area contributed by atoms with E-state index in [1.165, 1.54) is 54.5 Å². The van der Waals surface area contributed by atoms with Gasteiger partial charge in [-0.1, -0.05) is 140 Å². The summed E-state index contributed by atoms with van der Waals surface area (Å²) in [6.07, 6.45) is 8.09. The Hall–Kier alpha value is -6.90. The minimum absolute atomic E-state index is 1.09. The molecule has 9 rings (SSSR count). The molecule has 9 aromatic rings. The van der Waals surface area contributed by atoms with Gasteiger partial charge in [-0.2, -0.15) is 0 Å². The van der Waals surface area contributed by atoms with Crippen LogP contribution in [0.15, 0.2) is 207 Å². The van der Waals surface area contributed by atoms with E-state index in [0.717, 1.165) is 33.9 Å². The second-order valence-corrected chi connectivity index (χ2v) is 13.4. The van der Waals surface area contributed by atoms with Crippen molar-refractivity contribution < 1.29 is 0 Å². The predicted molar refractivity (Wildman–Crippen MR) is 229 cm³/mol. The Bertz CT molecular complexity index is 2850. The van der Waals surface area contributed by atoms with Gasteiger partial charge in [-0.25, -0.2) is 0 Å². The normalized spacial score (nSPS) is 12.0. The highest BCUT2D eigenvalue weighted by atomic mass is 15.1. The van der Waals surface area contributed by atoms with Crippen LogP contribution in [0, 0.1) is 0 Å². The Morgan fingerprint density at radius 3 is 1.96 bits per heavy atom. The van der Waals surface area contributed by atoms with Crippen LogP contribution in [-0.2, 0) is 0 Å². The summed E-state index contributed by atoms with van der Waals surface area (Å²) in [5, 5.41) is 7.40. The summed E-state index contributed by atoms with van der Waals surface area (Å²) in [7, 11) is 0. The van der Waals surface area contributed by atoms with Crippen molar-refractivity contribution in [3.8, 4) is 16.8 Å². The fourth-order valence-corrected chi connectivity index (χ4v) is 7.78. The number of fused-ring (bicyclic) bond motifs is 5. The smallest absolute Gasteiger partial charge is 0.0547 e. The summed E-state index contributed by atoms with van der Waals surface area (Å²) in [6, 6.07) is 63.9. The zero-order chi connectivity index (χ0) is 35.7. The van der Waals surface area contributed by atoms with Crippen molar-refractivity contribution in [1.29, 1.82) is 0 Å². The van der Waals surface area contributed by atoms with Crippen LogP contribution < -0.4 is 4.90 Å². The molecule has 0 amide bonds. The second kappa shape index (κ2) is 13.7. The van der Waals surface area contributed by atoms with Crippen LogP contribution in [0.4, 0.5) is 17.1 Å². The van der Waals surface area contributed by atoms with E-state index in [-0.39, 0.29) is 0 Å². The third-order valence-electron chi connectivity index (χ3n) is 10.2. The third kappa shape index (κ3) is 5.81. The zero-order valence-corrected chi connectivity index (χ0v) is 29.7. The number of hydrogen-bond donors (Lipinski definition) is 0. The molecule has 0 saturated heterocycles. The van der Waals surface area contributed by atoms with E-state index in [0.29, 0.717) is 0 Å². The van der Waals surface area contributed by atoms with Gasteiger partial charge >= 0.3 is 0 Å². The van der Waals surface area contributed by atoms with Crippen molar-refractivity contribution in [2.45, 2.75) is 6.92 Å². The first kappa shape index (κ1) is 32.0. The molecule has 0 aliphatic carbocycles. The summed E-state index contributed by atoms with van der Waals surface area (Å²) < 4.78 is 2.41. The van der Waals surface area contributed by atoms with Crippen molar-refractivity contribution in [1.82, 2.24) is 4.57 Å². The lowest BCUT2D eigenvalue weighted by atomic mass is 9.97. The maximum absolute atomic E-state index is 3.94. The summed E-state index contributed by atoms with van der Waals surface area (Å²) in [5.41, 5.74) is 11.5. The van der Waals surface area contributed by atoms with Crippen LogP contribution in [-0.4, -0.2) is 4.57 Å². The molecule has 2 nitrogen and oxygen atoms in total. The van der Waals surface area contributed by atoms with Crippen LogP contribution >= 0.6 is 0 Å². The maximum Gasteiger partial charge on any atom is 0.0547 e. The molecule has 1 heterocycles. The fraction of sp³-hybridized carbons (Fsp3) is 0.0196. The van der Waals surface area contributed by atoms with Crippen LogP contribution in [0.25, 0.3) is 65.7 Å². The first-order chi connectivity index (χ1) is 26.2. The lowest BCUT2D eigenvalue weighted by Crippen LogP contribution is -2.10. The molecule has 8 aromatic carbocycles. The first-order valence-corrected chi connectivity index (χ1v) is 18.2. The molecule has 0 aliphatic rings. The van der Waals surface area contributed by atoms with E-state index < -0.39 is 0 Å². The van der Waals surface area contributed by atoms with Gasteiger partial charge in [0, 0.05) is 33.5 Å². The Balaban J connectivity index is 1.25. The molecular formula is C51H38N2. The fourth-order valence-electron chi connectivity index (χ4n) is 7.78. The molecule has 0 atom stereocenters. The average molecular weight is 679 g/mol. The van der Waals surface area contributed by atoms with E-state index in [2.05, 4.69) is 210 Å². The van der Waals surface area contributed by atoms with E-state index in [4.69, 9.17) is 0 Å². The summed E-state index contributed by atoms with van der Waals surface area (Å²) in [4.78, 5) is 2.37. The standard InChI is InChI=1S/C51H38N2/c1-3-14-36(15-4-2)38-26-29-44(30-27-38)52(46-31-28-37-16-8-9-17-39(37)32-46)45-23-12-20-42(33-45)47-24-13-25-49-51(47)48-34-40-18-10-11-19-41(40)35-50(48)53(49)43-21-6-5-7-22-43/h3-35H,1H2,2H3/b15-4-,36-14+. The van der Waals surface area contributed by atoms with Crippen LogP contribution in [0.2, 0.25) is 0 Å². The van der Waals surface area contributed by atoms with Crippen molar-refractivity contribution in [3.05, 3.63) is 212 Å². The Kier molecular flexibility index (Phi) is 8.26. The molecule has 0 aliphatic heterocycles. The molecule has 0 unspecified atom stereocenters. The van der Waals surface area contributed by atoms with Gasteiger partial charge in [0.05, 0.1) is 11.0 Å². The van der Waals surface area contributed by atoms with Gasteiger partial charge in [-0.3, -0.25) is 0 Å². The Labute approximate surface area is 310 Å². The van der Waals surface area contributed by atoms with Gasteiger partial charge in [0.15, 0.2) is 0 Å². The molecule has 0 radical (unpaired) electrons.